The molecule has 0 bridgehead atoms. The normalized spacial score (nSPS) is 10.1. The van der Waals surface area contributed by atoms with Crippen LogP contribution in [0.15, 0.2) is 36.4 Å². The van der Waals surface area contributed by atoms with Crippen molar-refractivity contribution in [3.63, 3.8) is 0 Å². The van der Waals surface area contributed by atoms with Gasteiger partial charge >= 0.3 is 0 Å². The summed E-state index contributed by atoms with van der Waals surface area (Å²) in [5.74, 6) is 0.614. The van der Waals surface area contributed by atoms with E-state index in [0.717, 1.165) is 27.8 Å². The number of nitrogen functional groups attached to an aromatic ring is 1. The molecule has 0 aliphatic heterocycles. The lowest BCUT2D eigenvalue weighted by atomic mass is 10.0. The highest BCUT2D eigenvalue weighted by atomic mass is 15.1. The van der Waals surface area contributed by atoms with Crippen LogP contribution in [0.4, 0.5) is 11.6 Å². The molecule has 0 aliphatic carbocycles. The van der Waals surface area contributed by atoms with E-state index >= 15 is 0 Å². The van der Waals surface area contributed by atoms with Crippen LogP contribution < -0.4 is 11.1 Å². The van der Waals surface area contributed by atoms with Crippen LogP contribution in [0.3, 0.4) is 0 Å². The second kappa shape index (κ2) is 7.09. The van der Waals surface area contributed by atoms with Gasteiger partial charge in [0, 0.05) is 23.7 Å². The van der Waals surface area contributed by atoms with E-state index < -0.39 is 0 Å². The van der Waals surface area contributed by atoms with Gasteiger partial charge in [-0.3, -0.25) is 0 Å². The third-order valence-electron chi connectivity index (χ3n) is 3.69. The van der Waals surface area contributed by atoms with Gasteiger partial charge in [0.05, 0.1) is 11.2 Å². The lowest BCUT2D eigenvalue weighted by Gasteiger charge is -2.11. The Balaban J connectivity index is 0.000000924. The number of nitrogens with two attached hydrogens (primary N) is 1. The number of aryl methyl sites for hydroxylation is 2. The summed E-state index contributed by atoms with van der Waals surface area (Å²) < 4.78 is 0. The summed E-state index contributed by atoms with van der Waals surface area (Å²) in [6, 6.07) is 12.0. The number of nitrogens with zero attached hydrogens (tertiary/aromatic N) is 2. The average Bonchev–Trinajstić information content (AvgIpc) is 2.57. The predicted molar refractivity (Wildman–Crippen MR) is 99.8 cm³/mol. The molecular formula is C19H24N4. The zero-order chi connectivity index (χ0) is 17.0. The summed E-state index contributed by atoms with van der Waals surface area (Å²) in [6.07, 6.45) is 0. The second-order valence-corrected chi connectivity index (χ2v) is 5.22. The largest absolute Gasteiger partial charge is 0.399 e. The van der Waals surface area contributed by atoms with Crippen molar-refractivity contribution in [3.8, 4) is 11.3 Å². The molecule has 0 saturated heterocycles. The SMILES string of the molecule is CC.CNc1nc(-c2cccc(N)c2)c2cc(C)c(C)cc2n1. The molecule has 0 atom stereocenters. The van der Waals surface area contributed by atoms with Crippen molar-refractivity contribution in [2.24, 2.45) is 0 Å². The Kier molecular flexibility index (Phi) is 5.16. The van der Waals surface area contributed by atoms with Crippen LogP contribution in [0, 0.1) is 13.8 Å². The molecule has 3 rings (SSSR count). The van der Waals surface area contributed by atoms with Crippen molar-refractivity contribution in [2.45, 2.75) is 27.7 Å². The van der Waals surface area contributed by atoms with E-state index in [4.69, 9.17) is 5.73 Å². The van der Waals surface area contributed by atoms with Crippen molar-refractivity contribution in [1.82, 2.24) is 9.97 Å². The van der Waals surface area contributed by atoms with E-state index in [0.29, 0.717) is 5.95 Å². The number of aromatic nitrogens is 2. The van der Waals surface area contributed by atoms with Gasteiger partial charge in [0.2, 0.25) is 5.95 Å². The molecule has 0 amide bonds. The number of anilines is 2. The summed E-state index contributed by atoms with van der Waals surface area (Å²) in [7, 11) is 1.82. The Bertz CT molecular complexity index is 825. The maximum absolute atomic E-state index is 5.91. The van der Waals surface area contributed by atoms with Gasteiger partial charge in [-0.05, 0) is 49.2 Å². The van der Waals surface area contributed by atoms with Crippen molar-refractivity contribution >= 4 is 22.5 Å². The van der Waals surface area contributed by atoms with Gasteiger partial charge in [-0.15, -0.1) is 0 Å². The molecule has 0 unspecified atom stereocenters. The molecule has 120 valence electrons. The summed E-state index contributed by atoms with van der Waals surface area (Å²) >= 11 is 0. The minimum atomic E-state index is 0.614. The lowest BCUT2D eigenvalue weighted by molar-refractivity contribution is 1.19. The highest BCUT2D eigenvalue weighted by Crippen LogP contribution is 2.30. The third kappa shape index (κ3) is 3.42. The molecule has 1 aromatic heterocycles. The molecule has 4 nitrogen and oxygen atoms in total. The van der Waals surface area contributed by atoms with Gasteiger partial charge in [0.1, 0.15) is 0 Å². The third-order valence-corrected chi connectivity index (χ3v) is 3.69. The summed E-state index contributed by atoms with van der Waals surface area (Å²) in [5.41, 5.74) is 11.9. The number of rotatable bonds is 2. The van der Waals surface area contributed by atoms with Crippen LogP contribution >= 0.6 is 0 Å². The summed E-state index contributed by atoms with van der Waals surface area (Å²) in [4.78, 5) is 9.17. The first-order chi connectivity index (χ1) is 11.1. The monoisotopic (exact) mass is 308 g/mol. The minimum absolute atomic E-state index is 0.614. The molecule has 3 aromatic rings. The van der Waals surface area contributed by atoms with Crippen LogP contribution in [0.25, 0.3) is 22.2 Å². The fourth-order valence-corrected chi connectivity index (χ4v) is 2.41. The van der Waals surface area contributed by atoms with E-state index in [1.54, 1.807) is 0 Å². The van der Waals surface area contributed by atoms with Crippen molar-refractivity contribution < 1.29 is 0 Å². The van der Waals surface area contributed by atoms with E-state index in [-0.39, 0.29) is 0 Å². The van der Waals surface area contributed by atoms with Crippen molar-refractivity contribution in [3.05, 3.63) is 47.5 Å². The van der Waals surface area contributed by atoms with Crippen LogP contribution in [-0.2, 0) is 0 Å². The molecule has 1 heterocycles. The maximum Gasteiger partial charge on any atom is 0.223 e. The lowest BCUT2D eigenvalue weighted by Crippen LogP contribution is -2.00. The van der Waals surface area contributed by atoms with Gasteiger partial charge in [0.25, 0.3) is 0 Å². The number of hydrogen-bond acceptors (Lipinski definition) is 4. The number of nitrogens with one attached hydrogen (secondary N) is 1. The van der Waals surface area contributed by atoms with Gasteiger partial charge in [-0.1, -0.05) is 26.0 Å². The Labute approximate surface area is 137 Å². The Morgan fingerprint density at radius 2 is 1.65 bits per heavy atom. The number of hydrogen-bond donors (Lipinski definition) is 2. The molecule has 4 heteroatoms. The molecule has 23 heavy (non-hydrogen) atoms. The van der Waals surface area contributed by atoms with E-state index in [1.807, 2.05) is 45.2 Å². The van der Waals surface area contributed by atoms with Crippen LogP contribution in [0.2, 0.25) is 0 Å². The molecular weight excluding hydrogens is 284 g/mol. The van der Waals surface area contributed by atoms with Crippen LogP contribution in [0.5, 0.6) is 0 Å². The fourth-order valence-electron chi connectivity index (χ4n) is 2.41. The molecule has 0 aliphatic rings. The highest BCUT2D eigenvalue weighted by Gasteiger charge is 2.11. The average molecular weight is 308 g/mol. The van der Waals surface area contributed by atoms with E-state index in [1.165, 1.54) is 11.1 Å². The smallest absolute Gasteiger partial charge is 0.223 e. The predicted octanol–water partition coefficient (Wildman–Crippen LogP) is 4.56. The number of benzene rings is 2. The van der Waals surface area contributed by atoms with E-state index in [2.05, 4.69) is 41.3 Å². The molecule has 0 spiro atoms. The Morgan fingerprint density at radius 3 is 2.30 bits per heavy atom. The van der Waals surface area contributed by atoms with E-state index in [9.17, 15) is 0 Å². The quantitative estimate of drug-likeness (QED) is 0.681. The molecule has 2 aromatic carbocycles. The summed E-state index contributed by atoms with van der Waals surface area (Å²) in [5, 5.41) is 4.07. The van der Waals surface area contributed by atoms with Gasteiger partial charge in [0.15, 0.2) is 0 Å². The van der Waals surface area contributed by atoms with Gasteiger partial charge in [-0.2, -0.15) is 0 Å². The second-order valence-electron chi connectivity index (χ2n) is 5.22. The van der Waals surface area contributed by atoms with Crippen molar-refractivity contribution in [2.75, 3.05) is 18.1 Å². The first-order valence-electron chi connectivity index (χ1n) is 7.91. The fraction of sp³-hybridized carbons (Fsp3) is 0.263. The standard InChI is InChI=1S/C17H18N4.C2H6/c1-10-7-14-15(8-11(10)2)20-17(19-3)21-16(14)12-5-4-6-13(18)9-12;1-2/h4-9H,18H2,1-3H3,(H,19,20,21);1-2H3. The van der Waals surface area contributed by atoms with Gasteiger partial charge in [-0.25, -0.2) is 9.97 Å². The molecule has 0 radical (unpaired) electrons. The topological polar surface area (TPSA) is 63.8 Å². The number of fused-ring (bicyclic) bond motifs is 1. The van der Waals surface area contributed by atoms with Crippen LogP contribution in [0.1, 0.15) is 25.0 Å². The molecule has 3 N–H and O–H groups in total. The zero-order valence-corrected chi connectivity index (χ0v) is 14.4. The van der Waals surface area contributed by atoms with Crippen molar-refractivity contribution in [1.29, 1.82) is 0 Å². The molecule has 0 saturated carbocycles. The summed E-state index contributed by atoms with van der Waals surface area (Å²) in [6.45, 7) is 8.19. The highest BCUT2D eigenvalue weighted by molar-refractivity contribution is 5.94. The van der Waals surface area contributed by atoms with Crippen LogP contribution in [-0.4, -0.2) is 17.0 Å². The Morgan fingerprint density at radius 1 is 0.957 bits per heavy atom. The first-order valence-corrected chi connectivity index (χ1v) is 7.91. The maximum atomic E-state index is 5.91. The van der Waals surface area contributed by atoms with Gasteiger partial charge < -0.3 is 11.1 Å². The first kappa shape index (κ1) is 16.7. The molecule has 0 fully saturated rings. The minimum Gasteiger partial charge on any atom is -0.399 e. The zero-order valence-electron chi connectivity index (χ0n) is 14.4. The Hall–Kier alpha value is -2.62.